The first-order chi connectivity index (χ1) is 27.0. The van der Waals surface area contributed by atoms with Gasteiger partial charge in [-0.2, -0.15) is 0 Å². The summed E-state index contributed by atoms with van der Waals surface area (Å²) in [6, 6.07) is 0. The van der Waals surface area contributed by atoms with Crippen LogP contribution in [0.2, 0.25) is 0 Å². The second-order valence-corrected chi connectivity index (χ2v) is 13.9. The summed E-state index contributed by atoms with van der Waals surface area (Å²) in [6.45, 7) is 4.06. The van der Waals surface area contributed by atoms with Gasteiger partial charge in [0, 0.05) is 12.8 Å². The van der Waals surface area contributed by atoms with E-state index in [-0.39, 0.29) is 24.5 Å². The van der Waals surface area contributed by atoms with E-state index in [1.807, 2.05) is 0 Å². The molecule has 0 fully saturated rings. The Morgan fingerprint density at radius 2 is 0.964 bits per heavy atom. The fourth-order valence-electron chi connectivity index (χ4n) is 5.51. The Balaban J connectivity index is 4.29. The van der Waals surface area contributed by atoms with E-state index in [0.717, 1.165) is 116 Å². The third-order valence-corrected chi connectivity index (χ3v) is 8.66. The molecule has 0 aromatic heterocycles. The number of aliphatic carboxylic acids is 1. The summed E-state index contributed by atoms with van der Waals surface area (Å²) in [4.78, 5) is 34.9. The quantitative estimate of drug-likeness (QED) is 0.0374. The van der Waals surface area contributed by atoms with Gasteiger partial charge >= 0.3 is 11.9 Å². The largest absolute Gasteiger partial charge is 0.480 e. The molecule has 0 saturated carbocycles. The number of rotatable bonds is 37. The Bertz CT molecular complexity index is 1200. The molecule has 0 aliphatic carbocycles. The molecule has 1 atom stereocenters. The summed E-state index contributed by atoms with van der Waals surface area (Å²) in [6.07, 6.45) is 62.3. The zero-order chi connectivity index (χ0) is 40.1. The second kappa shape index (κ2) is 42.8. The molecular formula is C49H77NO5. The highest BCUT2D eigenvalue weighted by Crippen LogP contribution is 2.14. The maximum absolute atomic E-state index is 12.7. The molecule has 0 radical (unpaired) electrons. The van der Waals surface area contributed by atoms with E-state index in [2.05, 4.69) is 129 Å². The van der Waals surface area contributed by atoms with Crippen molar-refractivity contribution in [3.63, 3.8) is 0 Å². The van der Waals surface area contributed by atoms with Crippen LogP contribution in [0.3, 0.4) is 0 Å². The number of hydrogen-bond donors (Lipinski definition) is 2. The van der Waals surface area contributed by atoms with Gasteiger partial charge in [0.25, 0.3) is 0 Å². The van der Waals surface area contributed by atoms with Crippen LogP contribution in [0.1, 0.15) is 168 Å². The molecule has 0 bridgehead atoms. The van der Waals surface area contributed by atoms with Gasteiger partial charge in [-0.25, -0.2) is 0 Å². The number of esters is 1. The number of ether oxygens (including phenoxy) is 1. The number of carbonyl (C=O) groups excluding carboxylic acids is 2. The number of carboxylic acids is 1. The first-order valence-corrected chi connectivity index (χ1v) is 21.5. The molecule has 0 aliphatic heterocycles. The zero-order valence-electron chi connectivity index (χ0n) is 34.7. The fourth-order valence-corrected chi connectivity index (χ4v) is 5.51. The lowest BCUT2D eigenvalue weighted by Crippen LogP contribution is -2.28. The maximum atomic E-state index is 12.7. The second-order valence-electron chi connectivity index (χ2n) is 13.9. The van der Waals surface area contributed by atoms with Gasteiger partial charge in [-0.05, 0) is 102 Å². The SMILES string of the molecule is CC/C=C\C/C=C\C/C=C\C/C=C\C/C=C\C/C=C\C/C=C\CCCC(=O)OC(/C=C\C/C=C\CCCCCC)CCCCCCCCC(=O)NCC(=O)O. The van der Waals surface area contributed by atoms with Crippen LogP contribution in [-0.2, 0) is 19.1 Å². The summed E-state index contributed by atoms with van der Waals surface area (Å²) >= 11 is 0. The molecule has 55 heavy (non-hydrogen) atoms. The first kappa shape index (κ1) is 51.1. The van der Waals surface area contributed by atoms with Crippen LogP contribution in [0.15, 0.2) is 109 Å². The van der Waals surface area contributed by atoms with E-state index in [1.165, 1.54) is 25.7 Å². The lowest BCUT2D eigenvalue weighted by atomic mass is 10.1. The number of amides is 1. The molecule has 1 amide bonds. The summed E-state index contributed by atoms with van der Waals surface area (Å²) in [5, 5.41) is 11.1. The number of allylic oxidation sites excluding steroid dienone is 17. The first-order valence-electron chi connectivity index (χ1n) is 21.5. The minimum absolute atomic E-state index is 0.132. The lowest BCUT2D eigenvalue weighted by molar-refractivity contribution is -0.147. The molecule has 0 saturated heterocycles. The standard InChI is InChI=1S/C49H77NO5/c1-3-5-7-9-11-13-14-15-16-17-18-19-20-21-22-23-24-25-26-28-30-36-40-44-49(54)55-46(41-37-33-29-27-12-10-8-6-4-2)42-38-34-31-32-35-39-43-47(51)50-45-48(52)53/h5,7,11,13,15-16,18-19,21-22,24-25,27-30,37,41,46H,3-4,6,8-10,12,14,17,20,23,26,31-36,38-40,42-45H2,1-2H3,(H,50,51)(H,52,53)/b7-5-,13-11-,16-15-,19-18-,22-21-,25-24-,29-27-,30-28-,41-37-. The van der Waals surface area contributed by atoms with Crippen molar-refractivity contribution < 1.29 is 24.2 Å². The van der Waals surface area contributed by atoms with Crippen LogP contribution in [0.5, 0.6) is 0 Å². The molecule has 2 N–H and O–H groups in total. The lowest BCUT2D eigenvalue weighted by Gasteiger charge is -2.14. The molecule has 6 heteroatoms. The molecule has 0 spiro atoms. The van der Waals surface area contributed by atoms with E-state index < -0.39 is 5.97 Å². The highest BCUT2D eigenvalue weighted by atomic mass is 16.5. The number of unbranched alkanes of at least 4 members (excludes halogenated alkanes) is 10. The van der Waals surface area contributed by atoms with Gasteiger partial charge in [0.05, 0.1) is 0 Å². The molecule has 0 aliphatic rings. The summed E-state index contributed by atoms with van der Waals surface area (Å²) < 4.78 is 5.89. The van der Waals surface area contributed by atoms with E-state index >= 15 is 0 Å². The number of hydrogen-bond acceptors (Lipinski definition) is 4. The Morgan fingerprint density at radius 1 is 0.509 bits per heavy atom. The molecule has 1 unspecified atom stereocenters. The maximum Gasteiger partial charge on any atom is 0.322 e. The van der Waals surface area contributed by atoms with Gasteiger partial charge in [-0.15, -0.1) is 0 Å². The highest BCUT2D eigenvalue weighted by Gasteiger charge is 2.11. The van der Waals surface area contributed by atoms with Crippen molar-refractivity contribution in [2.45, 2.75) is 174 Å². The summed E-state index contributed by atoms with van der Waals surface area (Å²) in [5.74, 6) is -1.36. The molecule has 0 heterocycles. The predicted molar refractivity (Wildman–Crippen MR) is 235 cm³/mol. The number of carboxylic acid groups (broad SMARTS) is 1. The Kier molecular flexibility index (Phi) is 39.7. The molecule has 0 rings (SSSR count). The van der Waals surface area contributed by atoms with Crippen molar-refractivity contribution >= 4 is 17.8 Å². The van der Waals surface area contributed by atoms with E-state index in [9.17, 15) is 14.4 Å². The third kappa shape index (κ3) is 42.7. The summed E-state index contributed by atoms with van der Waals surface area (Å²) in [7, 11) is 0. The van der Waals surface area contributed by atoms with Crippen LogP contribution in [-0.4, -0.2) is 35.6 Å². The van der Waals surface area contributed by atoms with Crippen molar-refractivity contribution in [1.29, 1.82) is 0 Å². The van der Waals surface area contributed by atoms with Crippen LogP contribution in [0.25, 0.3) is 0 Å². The average Bonchev–Trinajstić information content (AvgIpc) is 3.17. The zero-order valence-corrected chi connectivity index (χ0v) is 34.7. The van der Waals surface area contributed by atoms with Crippen molar-refractivity contribution in [2.75, 3.05) is 6.54 Å². The topological polar surface area (TPSA) is 92.7 Å². The van der Waals surface area contributed by atoms with Crippen LogP contribution < -0.4 is 5.32 Å². The van der Waals surface area contributed by atoms with Gasteiger partial charge in [-0.3, -0.25) is 14.4 Å². The van der Waals surface area contributed by atoms with Crippen molar-refractivity contribution in [3.8, 4) is 0 Å². The minimum atomic E-state index is -1.03. The van der Waals surface area contributed by atoms with Gasteiger partial charge in [0.1, 0.15) is 12.6 Å². The normalized spacial score (nSPS) is 13.2. The van der Waals surface area contributed by atoms with Crippen LogP contribution in [0.4, 0.5) is 0 Å². The smallest absolute Gasteiger partial charge is 0.322 e. The predicted octanol–water partition coefficient (Wildman–Crippen LogP) is 13.5. The van der Waals surface area contributed by atoms with Gasteiger partial charge in [0.2, 0.25) is 5.91 Å². The summed E-state index contributed by atoms with van der Waals surface area (Å²) in [5.41, 5.74) is 0. The fraction of sp³-hybridized carbons (Fsp3) is 0.571. The molecule has 0 aromatic rings. The molecular weight excluding hydrogens is 683 g/mol. The van der Waals surface area contributed by atoms with Crippen LogP contribution in [0, 0.1) is 0 Å². The monoisotopic (exact) mass is 760 g/mol. The van der Waals surface area contributed by atoms with Crippen LogP contribution >= 0.6 is 0 Å². The molecule has 6 nitrogen and oxygen atoms in total. The van der Waals surface area contributed by atoms with E-state index in [1.54, 1.807) is 0 Å². The minimum Gasteiger partial charge on any atom is -0.480 e. The highest BCUT2D eigenvalue weighted by molar-refractivity contribution is 5.80. The van der Waals surface area contributed by atoms with Gasteiger partial charge < -0.3 is 15.2 Å². The Morgan fingerprint density at radius 3 is 1.49 bits per heavy atom. The average molecular weight is 760 g/mol. The number of carbonyl (C=O) groups is 3. The molecule has 308 valence electrons. The van der Waals surface area contributed by atoms with E-state index in [0.29, 0.717) is 12.8 Å². The van der Waals surface area contributed by atoms with E-state index in [4.69, 9.17) is 9.84 Å². The molecule has 0 aromatic carbocycles. The van der Waals surface area contributed by atoms with Gasteiger partial charge in [-0.1, -0.05) is 162 Å². The van der Waals surface area contributed by atoms with Crippen molar-refractivity contribution in [3.05, 3.63) is 109 Å². The van der Waals surface area contributed by atoms with Gasteiger partial charge in [0.15, 0.2) is 0 Å². The Hall–Kier alpha value is -3.93. The van der Waals surface area contributed by atoms with Crippen molar-refractivity contribution in [1.82, 2.24) is 5.32 Å². The number of nitrogens with one attached hydrogen (secondary N) is 1. The van der Waals surface area contributed by atoms with Crippen molar-refractivity contribution in [2.24, 2.45) is 0 Å². The Labute approximate surface area is 336 Å². The third-order valence-electron chi connectivity index (χ3n) is 8.66.